The van der Waals surface area contributed by atoms with E-state index in [0.717, 1.165) is 47.9 Å². The molecule has 5 rings (SSSR count). The van der Waals surface area contributed by atoms with Gasteiger partial charge >= 0.3 is 0 Å². The summed E-state index contributed by atoms with van der Waals surface area (Å²) < 4.78 is 17.8. The van der Waals surface area contributed by atoms with Crippen LogP contribution in [-0.2, 0) is 9.47 Å². The molecule has 2 saturated heterocycles. The second-order valence-electron chi connectivity index (χ2n) is 8.60. The lowest BCUT2D eigenvalue weighted by Gasteiger charge is -2.36. The van der Waals surface area contributed by atoms with E-state index in [2.05, 4.69) is 38.9 Å². The summed E-state index contributed by atoms with van der Waals surface area (Å²) in [4.78, 5) is 26.6. The third-order valence-corrected chi connectivity index (χ3v) is 7.02. The van der Waals surface area contributed by atoms with Crippen molar-refractivity contribution in [3.05, 3.63) is 36.0 Å². The molecule has 4 heterocycles. The van der Waals surface area contributed by atoms with E-state index in [1.165, 1.54) is 11.3 Å². The summed E-state index contributed by atoms with van der Waals surface area (Å²) in [6, 6.07) is 7.66. The second kappa shape index (κ2) is 9.73. The molecule has 2 unspecified atom stereocenters. The number of benzene rings is 1. The number of morpholine rings is 2. The maximum absolute atomic E-state index is 12.9. The molecule has 1 amide bonds. The Morgan fingerprint density at radius 3 is 2.56 bits per heavy atom. The van der Waals surface area contributed by atoms with E-state index in [0.29, 0.717) is 29.7 Å². The van der Waals surface area contributed by atoms with Crippen molar-refractivity contribution in [2.45, 2.75) is 26.1 Å². The topological polar surface area (TPSA) is 89.1 Å². The van der Waals surface area contributed by atoms with Gasteiger partial charge in [0.15, 0.2) is 5.13 Å². The normalized spacial score (nSPS) is 21.0. The van der Waals surface area contributed by atoms with Crippen molar-refractivity contribution in [2.24, 2.45) is 0 Å². The van der Waals surface area contributed by atoms with E-state index in [4.69, 9.17) is 14.2 Å². The van der Waals surface area contributed by atoms with Crippen LogP contribution < -0.4 is 19.9 Å². The van der Waals surface area contributed by atoms with Crippen molar-refractivity contribution in [1.82, 2.24) is 9.97 Å². The van der Waals surface area contributed by atoms with Crippen LogP contribution >= 0.6 is 11.3 Å². The average Bonchev–Trinajstić information content (AvgIpc) is 3.27. The van der Waals surface area contributed by atoms with Crippen molar-refractivity contribution >= 4 is 44.1 Å². The molecule has 10 heteroatoms. The Bertz CT molecular complexity index is 1150. The number of methoxy groups -OCH3 is 1. The van der Waals surface area contributed by atoms with Crippen LogP contribution in [0.2, 0.25) is 0 Å². The molecule has 0 aliphatic carbocycles. The quantitative estimate of drug-likeness (QED) is 0.591. The zero-order valence-corrected chi connectivity index (χ0v) is 20.4. The monoisotopic (exact) mass is 483 g/mol. The van der Waals surface area contributed by atoms with Gasteiger partial charge in [-0.05, 0) is 38.1 Å². The number of rotatable bonds is 5. The van der Waals surface area contributed by atoms with Crippen LogP contribution in [0.3, 0.4) is 0 Å². The molecule has 180 valence electrons. The van der Waals surface area contributed by atoms with Crippen LogP contribution in [0, 0.1) is 0 Å². The second-order valence-corrected chi connectivity index (χ2v) is 9.60. The Hall–Kier alpha value is -2.95. The maximum Gasteiger partial charge on any atom is 0.259 e. The Kier molecular flexibility index (Phi) is 6.53. The third kappa shape index (κ3) is 4.66. The highest BCUT2D eigenvalue weighted by Crippen LogP contribution is 2.39. The first kappa shape index (κ1) is 22.8. The number of nitrogens with zero attached hydrogens (tertiary/aromatic N) is 4. The molecular formula is C24H29N5O4S. The van der Waals surface area contributed by atoms with Crippen LogP contribution in [0.5, 0.6) is 5.75 Å². The Morgan fingerprint density at radius 2 is 1.88 bits per heavy atom. The number of carbonyl (C=O) groups excluding carboxylic acids is 1. The molecule has 0 spiro atoms. The molecule has 1 N–H and O–H groups in total. The lowest BCUT2D eigenvalue weighted by Crippen LogP contribution is -2.45. The van der Waals surface area contributed by atoms with Crippen molar-refractivity contribution in [3.8, 4) is 5.75 Å². The predicted octanol–water partition coefficient (Wildman–Crippen LogP) is 3.40. The molecular weight excluding hydrogens is 454 g/mol. The SMILES string of the molecule is COc1ccc(N2CCOCC2)c2sc(NC(=O)c3ccc(N4CC(C)OC(C)C4)nc3)nc12. The lowest BCUT2D eigenvalue weighted by atomic mass is 10.2. The largest absolute Gasteiger partial charge is 0.494 e. The standard InChI is InChI=1S/C24H29N5O4S/c1-15-13-29(14-16(2)33-15)20-7-4-17(12-25-20)23(30)27-24-26-21-19(31-3)6-5-18(22(21)34-24)28-8-10-32-11-9-28/h4-7,12,15-16H,8-11,13-14H2,1-3H3,(H,26,27,30). The number of fused-ring (bicyclic) bond motifs is 1. The zero-order valence-electron chi connectivity index (χ0n) is 19.6. The number of hydrogen-bond acceptors (Lipinski definition) is 9. The van der Waals surface area contributed by atoms with E-state index in [-0.39, 0.29) is 18.1 Å². The van der Waals surface area contributed by atoms with Crippen LogP contribution in [0.4, 0.5) is 16.6 Å². The van der Waals surface area contributed by atoms with Gasteiger partial charge in [0.2, 0.25) is 0 Å². The minimum absolute atomic E-state index is 0.145. The molecule has 2 fully saturated rings. The minimum Gasteiger partial charge on any atom is -0.494 e. The number of carbonyl (C=O) groups is 1. The van der Waals surface area contributed by atoms with Gasteiger partial charge in [-0.2, -0.15) is 0 Å². The van der Waals surface area contributed by atoms with E-state index in [1.54, 1.807) is 19.4 Å². The number of thiazole rings is 1. The van der Waals surface area contributed by atoms with E-state index in [1.807, 2.05) is 18.2 Å². The summed E-state index contributed by atoms with van der Waals surface area (Å²) in [5, 5.41) is 3.47. The Balaban J connectivity index is 1.35. The number of aromatic nitrogens is 2. The molecule has 0 bridgehead atoms. The predicted molar refractivity (Wildman–Crippen MR) is 134 cm³/mol. The van der Waals surface area contributed by atoms with E-state index < -0.39 is 0 Å². The first-order valence-electron chi connectivity index (χ1n) is 11.5. The number of pyridine rings is 1. The van der Waals surface area contributed by atoms with Crippen LogP contribution in [0.25, 0.3) is 10.2 Å². The smallest absolute Gasteiger partial charge is 0.259 e. The van der Waals surface area contributed by atoms with Gasteiger partial charge in [-0.1, -0.05) is 11.3 Å². The number of amides is 1. The molecule has 0 radical (unpaired) electrons. The molecule has 9 nitrogen and oxygen atoms in total. The van der Waals surface area contributed by atoms with Crippen LogP contribution in [-0.4, -0.2) is 74.6 Å². The van der Waals surface area contributed by atoms with Gasteiger partial charge in [-0.3, -0.25) is 10.1 Å². The number of ether oxygens (including phenoxy) is 3. The highest BCUT2D eigenvalue weighted by atomic mass is 32.1. The Morgan fingerprint density at radius 1 is 1.12 bits per heavy atom. The molecule has 1 aromatic carbocycles. The lowest BCUT2D eigenvalue weighted by molar-refractivity contribution is -0.00546. The van der Waals surface area contributed by atoms with Gasteiger partial charge in [0.1, 0.15) is 17.1 Å². The molecule has 2 atom stereocenters. The summed E-state index contributed by atoms with van der Waals surface area (Å²) in [6.07, 6.45) is 1.90. The zero-order chi connectivity index (χ0) is 23.7. The van der Waals surface area contributed by atoms with Gasteiger partial charge in [-0.15, -0.1) is 0 Å². The van der Waals surface area contributed by atoms with Gasteiger partial charge in [0.25, 0.3) is 5.91 Å². The molecule has 2 aliphatic heterocycles. The van der Waals surface area contributed by atoms with Crippen molar-refractivity contribution < 1.29 is 19.0 Å². The van der Waals surface area contributed by atoms with Crippen molar-refractivity contribution in [1.29, 1.82) is 0 Å². The third-order valence-electron chi connectivity index (χ3n) is 6.03. The first-order chi connectivity index (χ1) is 16.5. The maximum atomic E-state index is 12.9. The molecule has 0 saturated carbocycles. The average molecular weight is 484 g/mol. The molecule has 2 aromatic heterocycles. The van der Waals surface area contributed by atoms with Crippen LogP contribution in [0.1, 0.15) is 24.2 Å². The van der Waals surface area contributed by atoms with Gasteiger partial charge < -0.3 is 24.0 Å². The van der Waals surface area contributed by atoms with Gasteiger partial charge in [0, 0.05) is 32.4 Å². The van der Waals surface area contributed by atoms with E-state index >= 15 is 0 Å². The fraction of sp³-hybridized carbons (Fsp3) is 0.458. The minimum atomic E-state index is -0.242. The number of nitrogens with one attached hydrogen (secondary N) is 1. The van der Waals surface area contributed by atoms with Gasteiger partial charge in [-0.25, -0.2) is 9.97 Å². The summed E-state index contributed by atoms with van der Waals surface area (Å²) in [6.45, 7) is 8.70. The van der Waals surface area contributed by atoms with E-state index in [9.17, 15) is 4.79 Å². The molecule has 2 aliphatic rings. The molecule has 3 aromatic rings. The summed E-state index contributed by atoms with van der Waals surface area (Å²) >= 11 is 1.45. The van der Waals surface area contributed by atoms with Crippen LogP contribution in [0.15, 0.2) is 30.5 Å². The highest BCUT2D eigenvalue weighted by Gasteiger charge is 2.24. The summed E-state index contributed by atoms with van der Waals surface area (Å²) in [5.41, 5.74) is 2.31. The summed E-state index contributed by atoms with van der Waals surface area (Å²) in [7, 11) is 1.63. The van der Waals surface area contributed by atoms with Crippen molar-refractivity contribution in [2.75, 3.05) is 61.6 Å². The first-order valence-corrected chi connectivity index (χ1v) is 12.3. The Labute approximate surface area is 202 Å². The fourth-order valence-corrected chi connectivity index (χ4v) is 5.50. The van der Waals surface area contributed by atoms with Crippen molar-refractivity contribution in [3.63, 3.8) is 0 Å². The fourth-order valence-electron chi connectivity index (χ4n) is 4.48. The highest BCUT2D eigenvalue weighted by molar-refractivity contribution is 7.23. The van der Waals surface area contributed by atoms with Gasteiger partial charge in [0.05, 0.1) is 48.5 Å². The molecule has 34 heavy (non-hydrogen) atoms. The number of hydrogen-bond donors (Lipinski definition) is 1. The number of anilines is 3. The summed E-state index contributed by atoms with van der Waals surface area (Å²) in [5.74, 6) is 1.29.